The van der Waals surface area contributed by atoms with Gasteiger partial charge in [0, 0.05) is 0 Å². The lowest BCUT2D eigenvalue weighted by molar-refractivity contribution is -0.405. The van der Waals surface area contributed by atoms with Gasteiger partial charge in [0.2, 0.25) is 5.95 Å². The van der Waals surface area contributed by atoms with Gasteiger partial charge in [0.15, 0.2) is 29.6 Å². The highest BCUT2D eigenvalue weighted by Crippen LogP contribution is 2.66. The predicted octanol–water partition coefficient (Wildman–Crippen LogP) is 1.29. The molecule has 0 spiro atoms. The number of rotatable bonds is 18. The number of nitrogens with zero attached hydrogens (tertiary/aromatic N) is 9. The second-order valence-corrected chi connectivity index (χ2v) is 16.0. The largest absolute Gasteiger partial charge is 0.490 e. The van der Waals surface area contributed by atoms with Gasteiger partial charge in [0.1, 0.15) is 6.10 Å². The van der Waals surface area contributed by atoms with Crippen molar-refractivity contribution < 1.29 is 90.2 Å². The summed E-state index contributed by atoms with van der Waals surface area (Å²) in [5.74, 6) is -3.73. The third-order valence-electron chi connectivity index (χ3n) is 7.61. The number of aromatic nitrogens is 4. The number of nitro benzene ring substituents is 6. The Bertz CT molecular complexity index is 2720. The van der Waals surface area contributed by atoms with Crippen molar-refractivity contribution in [3.63, 3.8) is 0 Å². The van der Waals surface area contributed by atoms with E-state index in [1.165, 1.54) is 0 Å². The smallest absolute Gasteiger partial charge is 0.472 e. The first-order chi connectivity index (χ1) is 28.6. The van der Waals surface area contributed by atoms with Crippen LogP contribution in [0.15, 0.2) is 35.4 Å². The number of anilines is 1. The number of nitro groups is 6. The lowest BCUT2D eigenvalue weighted by Gasteiger charge is -2.26. The number of nitrogens with two attached hydrogens (primary N) is 1. The van der Waals surface area contributed by atoms with E-state index in [0.29, 0.717) is 10.9 Å². The number of H-pyrrole nitrogens is 1. The summed E-state index contributed by atoms with van der Waals surface area (Å²) in [6.45, 7) is -1.69. The van der Waals surface area contributed by atoms with E-state index in [9.17, 15) is 89.0 Å². The van der Waals surface area contributed by atoms with Gasteiger partial charge in [-0.05, 0) is 0 Å². The van der Waals surface area contributed by atoms with E-state index in [-0.39, 0.29) is 24.3 Å². The standard InChI is InChI=1S/C22H18N11O26P3/c23-22-25-19-14(20(34)26-22)24-6-27(19)21-18(57-16-11(32(43)44)3-8(29(37)38)4-12(16)33(45)46)17(13(55-21)5-54-61(50,51)59-62(52,53)58-60(47,48)49)56-15-9(30(39)40)1-7(28(35)36)2-10(15)31(41)42/h1-4,6,13,17-18,21H,5H2,(H,50,51)(H,52,53)(H2,47,48,49)(H3,23,25,26,34)/t13-,17-,18-,21-/m1/s1. The minimum absolute atomic E-state index is 0.126. The van der Waals surface area contributed by atoms with Crippen molar-refractivity contribution >= 4 is 74.7 Å². The van der Waals surface area contributed by atoms with Crippen molar-refractivity contribution in [1.29, 1.82) is 0 Å². The highest BCUT2D eigenvalue weighted by molar-refractivity contribution is 7.66. The fourth-order valence-corrected chi connectivity index (χ4v) is 8.40. The van der Waals surface area contributed by atoms with Crippen LogP contribution in [0.2, 0.25) is 0 Å². The third kappa shape index (κ3) is 9.94. The van der Waals surface area contributed by atoms with Gasteiger partial charge < -0.3 is 39.5 Å². The van der Waals surface area contributed by atoms with Crippen LogP contribution in [0.4, 0.5) is 40.1 Å². The van der Waals surface area contributed by atoms with Crippen LogP contribution < -0.4 is 20.8 Å². The van der Waals surface area contributed by atoms with E-state index in [2.05, 4.69) is 28.1 Å². The van der Waals surface area contributed by atoms with Crippen LogP contribution in [0, 0.1) is 60.7 Å². The maximum absolute atomic E-state index is 12.8. The summed E-state index contributed by atoms with van der Waals surface area (Å²) in [5.41, 5.74) is -5.55. The topological polar surface area (TPSA) is 536 Å². The number of phosphoric ester groups is 1. The molecule has 4 aromatic rings. The predicted molar refractivity (Wildman–Crippen MR) is 188 cm³/mol. The first-order valence-corrected chi connectivity index (χ1v) is 19.8. The van der Waals surface area contributed by atoms with Gasteiger partial charge in [-0.3, -0.25) is 79.6 Å². The number of fused-ring (bicyclic) bond motifs is 1. The van der Waals surface area contributed by atoms with Crippen LogP contribution in [0.25, 0.3) is 11.2 Å². The number of ether oxygens (including phenoxy) is 3. The van der Waals surface area contributed by atoms with Crippen molar-refractivity contribution in [2.45, 2.75) is 24.5 Å². The quantitative estimate of drug-likeness (QED) is 0.0465. The van der Waals surface area contributed by atoms with E-state index in [1.54, 1.807) is 0 Å². The molecule has 2 aromatic heterocycles. The molecule has 1 saturated heterocycles. The number of hydrogen-bond acceptors (Lipinski definition) is 25. The highest BCUT2D eigenvalue weighted by Gasteiger charge is 2.54. The van der Waals surface area contributed by atoms with E-state index in [4.69, 9.17) is 29.7 Å². The van der Waals surface area contributed by atoms with Crippen molar-refractivity contribution in [3.8, 4) is 11.5 Å². The SMILES string of the molecule is Nc1nc2c(ncn2[C@@H]2O[C@H](COP(=O)(O)OP(=O)(O)OP(=O)(O)O)[C@@H](Oc3c([N+](=O)[O-])cc([N+](=O)[O-])cc3[N+](=O)[O-])[C@H]2Oc2c([N+](=O)[O-])cc([N+](=O)[O-])cc2[N+](=O)[O-])c(=O)[nH]1. The Morgan fingerprint density at radius 3 is 1.60 bits per heavy atom. The summed E-state index contributed by atoms with van der Waals surface area (Å²) in [7, 11) is -18.4. The molecule has 0 amide bonds. The lowest BCUT2D eigenvalue weighted by atomic mass is 10.1. The van der Waals surface area contributed by atoms with Crippen LogP contribution in [0.1, 0.15) is 6.23 Å². The molecule has 3 heterocycles. The monoisotopic (exact) mass is 945 g/mol. The molecule has 2 aromatic carbocycles. The maximum atomic E-state index is 12.8. The Morgan fingerprint density at radius 1 is 0.726 bits per heavy atom. The molecule has 1 aliphatic rings. The highest BCUT2D eigenvalue weighted by atomic mass is 31.3. The molecule has 332 valence electrons. The molecule has 6 atom stereocenters. The van der Waals surface area contributed by atoms with E-state index < -0.39 is 152 Å². The second kappa shape index (κ2) is 16.8. The van der Waals surface area contributed by atoms with Gasteiger partial charge in [-0.25, -0.2) is 18.7 Å². The minimum Gasteiger partial charge on any atom is -0.472 e. The molecular formula is C22H18N11O26P3. The Morgan fingerprint density at radius 2 is 1.18 bits per heavy atom. The van der Waals surface area contributed by atoms with E-state index in [1.807, 2.05) is 0 Å². The fourth-order valence-electron chi connectivity index (χ4n) is 5.37. The Labute approximate surface area is 334 Å². The van der Waals surface area contributed by atoms with Crippen LogP contribution in [-0.2, 0) is 31.6 Å². The van der Waals surface area contributed by atoms with Crippen molar-refractivity contribution in [1.82, 2.24) is 19.5 Å². The molecule has 62 heavy (non-hydrogen) atoms. The van der Waals surface area contributed by atoms with Crippen molar-refractivity contribution in [3.05, 3.63) is 102 Å². The number of phosphoric acid groups is 3. The Balaban J connectivity index is 1.80. The Kier molecular flexibility index (Phi) is 12.5. The second-order valence-electron chi connectivity index (χ2n) is 11.6. The molecular weight excluding hydrogens is 927 g/mol. The molecule has 2 unspecified atom stereocenters. The van der Waals surface area contributed by atoms with Gasteiger partial charge in [-0.2, -0.15) is 13.6 Å². The summed E-state index contributed by atoms with van der Waals surface area (Å²) in [6.07, 6.45) is -9.17. The summed E-state index contributed by atoms with van der Waals surface area (Å²) in [6, 6.07) is 0.550. The number of benzene rings is 2. The summed E-state index contributed by atoms with van der Waals surface area (Å²) < 4.78 is 65.4. The van der Waals surface area contributed by atoms with Gasteiger partial charge in [-0.15, -0.1) is 0 Å². The maximum Gasteiger partial charge on any atom is 0.490 e. The normalized spacial score (nSPS) is 19.5. The van der Waals surface area contributed by atoms with Crippen molar-refractivity contribution in [2.24, 2.45) is 0 Å². The minimum atomic E-state index is -6.25. The third-order valence-corrected chi connectivity index (χ3v) is 11.4. The fraction of sp³-hybridized carbons (Fsp3) is 0.227. The number of non-ortho nitro benzene ring substituents is 2. The average molecular weight is 945 g/mol. The van der Waals surface area contributed by atoms with Crippen molar-refractivity contribution in [2.75, 3.05) is 12.3 Å². The molecule has 7 N–H and O–H groups in total. The zero-order valence-electron chi connectivity index (χ0n) is 29.1. The summed E-state index contributed by atoms with van der Waals surface area (Å²) in [5, 5.41) is 71.9. The molecule has 40 heteroatoms. The van der Waals surface area contributed by atoms with Crippen LogP contribution >= 0.6 is 23.5 Å². The van der Waals surface area contributed by atoms with E-state index >= 15 is 0 Å². The van der Waals surface area contributed by atoms with E-state index in [0.717, 1.165) is 0 Å². The molecule has 1 aliphatic heterocycles. The summed E-state index contributed by atoms with van der Waals surface area (Å²) >= 11 is 0. The van der Waals surface area contributed by atoms with Crippen LogP contribution in [0.3, 0.4) is 0 Å². The Hall–Kier alpha value is -7.04. The van der Waals surface area contributed by atoms with Crippen LogP contribution in [-0.4, -0.2) is 93.6 Å². The molecule has 5 rings (SSSR count). The number of aromatic amines is 1. The first kappa shape index (κ1) is 46.0. The van der Waals surface area contributed by atoms with Gasteiger partial charge in [0.25, 0.3) is 28.4 Å². The van der Waals surface area contributed by atoms with Gasteiger partial charge >= 0.3 is 46.2 Å². The zero-order valence-corrected chi connectivity index (χ0v) is 31.8. The average Bonchev–Trinajstić information content (AvgIpc) is 3.69. The number of imidazole rings is 1. The number of nitrogens with one attached hydrogen (secondary N) is 1. The molecule has 0 radical (unpaired) electrons. The number of nitrogen functional groups attached to an aromatic ring is 1. The number of hydrogen-bond donors (Lipinski definition) is 6. The van der Waals surface area contributed by atoms with Crippen LogP contribution in [0.5, 0.6) is 11.5 Å². The van der Waals surface area contributed by atoms with Gasteiger partial charge in [0.05, 0.1) is 66.7 Å². The summed E-state index contributed by atoms with van der Waals surface area (Å²) in [4.78, 5) is 123. The molecule has 0 bridgehead atoms. The first-order valence-electron chi connectivity index (χ1n) is 15.3. The van der Waals surface area contributed by atoms with Gasteiger partial charge in [-0.1, -0.05) is 0 Å². The molecule has 0 saturated carbocycles. The molecule has 0 aliphatic carbocycles. The molecule has 37 nitrogen and oxygen atoms in total. The lowest BCUT2D eigenvalue weighted by Crippen LogP contribution is -2.42. The molecule has 1 fully saturated rings. The zero-order chi connectivity index (χ0) is 46.4.